The Bertz CT molecular complexity index is 367. The molecule has 1 aromatic heterocycles. The van der Waals surface area contributed by atoms with Crippen molar-refractivity contribution in [3.05, 3.63) is 29.8 Å². The molecule has 0 aliphatic carbocycles. The number of alkyl halides is 1. The van der Waals surface area contributed by atoms with Crippen LogP contribution in [0.15, 0.2) is 18.3 Å². The zero-order chi connectivity index (χ0) is 12.8. The lowest BCUT2D eigenvalue weighted by atomic mass is 10.1. The number of halogens is 2. The minimum atomic E-state index is -0.445. The number of nitrogens with one attached hydrogen (secondary N) is 1. The molecule has 1 heterocycles. The highest BCUT2D eigenvalue weighted by Crippen LogP contribution is 2.11. The molecule has 0 spiro atoms. The number of hydrogen-bond donors (Lipinski definition) is 1. The zero-order valence-corrected chi connectivity index (χ0v) is 11.5. The second-order valence-electron chi connectivity index (χ2n) is 4.30. The van der Waals surface area contributed by atoms with Gasteiger partial charge in [-0.1, -0.05) is 29.8 Å². The highest BCUT2D eigenvalue weighted by molar-refractivity contribution is 9.09. The fraction of sp³-hybridized carbons (Fsp3) is 0.500. The van der Waals surface area contributed by atoms with Gasteiger partial charge in [0, 0.05) is 11.4 Å². The molecule has 1 atom stereocenters. The number of amides is 1. The Morgan fingerprint density at radius 3 is 2.76 bits per heavy atom. The minimum absolute atomic E-state index is 0.232. The van der Waals surface area contributed by atoms with Gasteiger partial charge in [-0.25, -0.2) is 9.37 Å². The molecule has 1 rings (SSSR count). The highest BCUT2D eigenvalue weighted by atomic mass is 79.9. The summed E-state index contributed by atoms with van der Waals surface area (Å²) in [6, 6.07) is 2.60. The van der Waals surface area contributed by atoms with Crippen molar-refractivity contribution in [1.82, 2.24) is 10.3 Å². The third-order valence-corrected chi connectivity index (χ3v) is 2.87. The van der Waals surface area contributed by atoms with Gasteiger partial charge in [0.15, 0.2) is 0 Å². The Hall–Kier alpha value is -0.970. The van der Waals surface area contributed by atoms with Crippen LogP contribution in [-0.2, 0) is 0 Å². The van der Waals surface area contributed by atoms with Crippen molar-refractivity contribution in [2.75, 3.05) is 6.54 Å². The fourth-order valence-corrected chi connectivity index (χ4v) is 2.31. The van der Waals surface area contributed by atoms with E-state index in [1.165, 1.54) is 12.1 Å². The van der Waals surface area contributed by atoms with E-state index in [-0.39, 0.29) is 16.4 Å². The molecule has 1 N–H and O–H groups in total. The summed E-state index contributed by atoms with van der Waals surface area (Å²) in [7, 11) is 0. The van der Waals surface area contributed by atoms with Gasteiger partial charge in [-0.3, -0.25) is 4.79 Å². The van der Waals surface area contributed by atoms with Crippen LogP contribution in [0.5, 0.6) is 0 Å². The summed E-state index contributed by atoms with van der Waals surface area (Å²) in [4.78, 5) is 15.6. The van der Waals surface area contributed by atoms with Crippen LogP contribution in [0, 0.1) is 11.7 Å². The number of pyridine rings is 1. The molecule has 3 nitrogen and oxygen atoms in total. The third-order valence-electron chi connectivity index (χ3n) is 2.17. The minimum Gasteiger partial charge on any atom is -0.350 e. The molecule has 1 amide bonds. The maximum absolute atomic E-state index is 12.6. The van der Waals surface area contributed by atoms with E-state index < -0.39 is 5.82 Å². The average molecular weight is 303 g/mol. The summed E-state index contributed by atoms with van der Waals surface area (Å²) in [6.45, 7) is 4.78. The normalized spacial score (nSPS) is 12.5. The van der Waals surface area contributed by atoms with Gasteiger partial charge in [0.1, 0.15) is 11.5 Å². The number of rotatable bonds is 5. The van der Waals surface area contributed by atoms with Crippen LogP contribution in [-0.4, -0.2) is 22.3 Å². The molecule has 0 aliphatic rings. The van der Waals surface area contributed by atoms with Gasteiger partial charge in [-0.15, -0.1) is 0 Å². The van der Waals surface area contributed by atoms with Crippen LogP contribution in [0.25, 0.3) is 0 Å². The monoisotopic (exact) mass is 302 g/mol. The van der Waals surface area contributed by atoms with Crippen LogP contribution < -0.4 is 5.32 Å². The van der Waals surface area contributed by atoms with E-state index in [0.717, 1.165) is 12.6 Å². The second-order valence-corrected chi connectivity index (χ2v) is 5.59. The summed E-state index contributed by atoms with van der Waals surface area (Å²) < 4.78 is 12.6. The van der Waals surface area contributed by atoms with Crippen molar-refractivity contribution < 1.29 is 9.18 Å². The van der Waals surface area contributed by atoms with Crippen molar-refractivity contribution in [1.29, 1.82) is 0 Å². The van der Waals surface area contributed by atoms with Crippen LogP contribution >= 0.6 is 15.9 Å². The summed E-state index contributed by atoms with van der Waals surface area (Å²) in [5.74, 6) is -0.154. The summed E-state index contributed by atoms with van der Waals surface area (Å²) in [5.41, 5.74) is 0.232. The summed E-state index contributed by atoms with van der Waals surface area (Å²) in [5, 5.41) is 2.75. The van der Waals surface area contributed by atoms with Crippen LogP contribution in [0.1, 0.15) is 30.8 Å². The molecule has 0 bridgehead atoms. The Balaban J connectivity index is 2.42. The van der Waals surface area contributed by atoms with E-state index in [2.05, 4.69) is 40.1 Å². The van der Waals surface area contributed by atoms with Gasteiger partial charge in [0.25, 0.3) is 5.91 Å². The first-order valence-corrected chi connectivity index (χ1v) is 6.44. The predicted molar refractivity (Wildman–Crippen MR) is 68.7 cm³/mol. The first-order chi connectivity index (χ1) is 7.99. The SMILES string of the molecule is CC(C)CC(Br)CNC(=O)c1ccc(F)cn1. The molecule has 0 aliphatic heterocycles. The maximum atomic E-state index is 12.6. The molecule has 1 aromatic rings. The predicted octanol–water partition coefficient (Wildman–Crippen LogP) is 2.76. The Kier molecular flexibility index (Phi) is 5.55. The summed E-state index contributed by atoms with van der Waals surface area (Å²) >= 11 is 3.50. The Labute approximate surface area is 109 Å². The number of carbonyl (C=O) groups excluding carboxylic acids is 1. The van der Waals surface area contributed by atoms with Crippen LogP contribution in [0.2, 0.25) is 0 Å². The van der Waals surface area contributed by atoms with Gasteiger partial charge in [0.05, 0.1) is 6.20 Å². The Morgan fingerprint density at radius 1 is 1.53 bits per heavy atom. The number of hydrogen-bond acceptors (Lipinski definition) is 2. The molecule has 0 aromatic carbocycles. The van der Waals surface area contributed by atoms with Crippen molar-refractivity contribution in [2.24, 2.45) is 5.92 Å². The third kappa shape index (κ3) is 5.26. The smallest absolute Gasteiger partial charge is 0.269 e. The molecule has 5 heteroatoms. The van der Waals surface area contributed by atoms with Gasteiger partial charge in [0.2, 0.25) is 0 Å². The number of nitrogens with zero attached hydrogens (tertiary/aromatic N) is 1. The largest absolute Gasteiger partial charge is 0.350 e. The van der Waals surface area contributed by atoms with E-state index in [4.69, 9.17) is 0 Å². The van der Waals surface area contributed by atoms with E-state index in [0.29, 0.717) is 12.5 Å². The molecular formula is C12H16BrFN2O. The Morgan fingerprint density at radius 2 is 2.24 bits per heavy atom. The van der Waals surface area contributed by atoms with E-state index in [1.807, 2.05) is 0 Å². The van der Waals surface area contributed by atoms with Crippen LogP contribution in [0.3, 0.4) is 0 Å². The highest BCUT2D eigenvalue weighted by Gasteiger charge is 2.11. The van der Waals surface area contributed by atoms with Gasteiger partial charge < -0.3 is 5.32 Å². The van der Waals surface area contributed by atoms with Gasteiger partial charge in [-0.05, 0) is 24.5 Å². The topological polar surface area (TPSA) is 42.0 Å². The van der Waals surface area contributed by atoms with Gasteiger partial charge in [-0.2, -0.15) is 0 Å². The molecule has 1 unspecified atom stereocenters. The van der Waals surface area contributed by atoms with E-state index in [9.17, 15) is 9.18 Å². The lowest BCUT2D eigenvalue weighted by Gasteiger charge is -2.12. The molecule has 0 saturated carbocycles. The molecular weight excluding hydrogens is 287 g/mol. The molecule has 94 valence electrons. The second kappa shape index (κ2) is 6.69. The lowest BCUT2D eigenvalue weighted by molar-refractivity contribution is 0.0948. The number of carbonyl (C=O) groups is 1. The molecule has 0 fully saturated rings. The maximum Gasteiger partial charge on any atom is 0.269 e. The molecule has 0 saturated heterocycles. The standard InChI is InChI=1S/C12H16BrFN2O/c1-8(2)5-9(13)6-16-12(17)11-4-3-10(14)7-15-11/h3-4,7-9H,5-6H2,1-2H3,(H,16,17). The van der Waals surface area contributed by atoms with Crippen molar-refractivity contribution in [3.63, 3.8) is 0 Å². The zero-order valence-electron chi connectivity index (χ0n) is 9.91. The van der Waals surface area contributed by atoms with Gasteiger partial charge >= 0.3 is 0 Å². The molecule has 0 radical (unpaired) electrons. The average Bonchev–Trinajstić information content (AvgIpc) is 2.26. The lowest BCUT2D eigenvalue weighted by Crippen LogP contribution is -2.30. The molecule has 17 heavy (non-hydrogen) atoms. The first kappa shape index (κ1) is 14.1. The fourth-order valence-electron chi connectivity index (χ4n) is 1.40. The first-order valence-electron chi connectivity index (χ1n) is 5.53. The quantitative estimate of drug-likeness (QED) is 0.850. The van der Waals surface area contributed by atoms with E-state index >= 15 is 0 Å². The van der Waals surface area contributed by atoms with Crippen molar-refractivity contribution >= 4 is 21.8 Å². The van der Waals surface area contributed by atoms with Crippen LogP contribution in [0.4, 0.5) is 4.39 Å². The number of aromatic nitrogens is 1. The van der Waals surface area contributed by atoms with Crippen molar-refractivity contribution in [3.8, 4) is 0 Å². The van der Waals surface area contributed by atoms with E-state index in [1.54, 1.807) is 0 Å². The summed E-state index contributed by atoms with van der Waals surface area (Å²) in [6.07, 6.45) is 2.02. The van der Waals surface area contributed by atoms with Crippen molar-refractivity contribution in [2.45, 2.75) is 25.1 Å².